The molecule has 0 bridgehead atoms. The van der Waals surface area contributed by atoms with E-state index in [9.17, 15) is 19.5 Å². The van der Waals surface area contributed by atoms with Crippen molar-refractivity contribution in [2.24, 2.45) is 7.05 Å². The third-order valence-electron chi connectivity index (χ3n) is 8.42. The van der Waals surface area contributed by atoms with E-state index in [1.807, 2.05) is 37.3 Å². The molecule has 3 heterocycles. The summed E-state index contributed by atoms with van der Waals surface area (Å²) in [6.45, 7) is 3.53. The predicted molar refractivity (Wildman–Crippen MR) is 160 cm³/mol. The van der Waals surface area contributed by atoms with E-state index in [0.717, 1.165) is 34.2 Å². The van der Waals surface area contributed by atoms with Crippen LogP contribution in [-0.4, -0.2) is 53.4 Å². The number of morpholine rings is 1. The van der Waals surface area contributed by atoms with Gasteiger partial charge >= 0.3 is 5.97 Å². The molecule has 9 nitrogen and oxygen atoms in total. The van der Waals surface area contributed by atoms with Crippen molar-refractivity contribution in [2.45, 2.75) is 38.6 Å². The van der Waals surface area contributed by atoms with Gasteiger partial charge in [-0.2, -0.15) is 0 Å². The maximum Gasteiger partial charge on any atom is 0.326 e. The number of halogens is 2. The molecule has 1 saturated heterocycles. The lowest BCUT2D eigenvalue weighted by molar-refractivity contribution is -0.139. The number of carbonyl (C=O) groups excluding carboxylic acids is 1. The first-order valence-corrected chi connectivity index (χ1v) is 14.3. The molecule has 228 valence electrons. The first-order chi connectivity index (χ1) is 21.1. The number of hydrogen-bond acceptors (Lipinski definition) is 6. The minimum absolute atomic E-state index is 0.111. The molecule has 2 aliphatic rings. The van der Waals surface area contributed by atoms with Crippen molar-refractivity contribution < 1.29 is 33.0 Å². The highest BCUT2D eigenvalue weighted by atomic mass is 19.1. The van der Waals surface area contributed by atoms with Gasteiger partial charge in [0.25, 0.3) is 11.5 Å². The van der Waals surface area contributed by atoms with Crippen LogP contribution < -0.4 is 15.8 Å². The van der Waals surface area contributed by atoms with Crippen LogP contribution in [-0.2, 0) is 41.0 Å². The first-order valence-electron chi connectivity index (χ1n) is 14.3. The average molecular weight is 604 g/mol. The van der Waals surface area contributed by atoms with Crippen molar-refractivity contribution in [3.05, 3.63) is 98.8 Å². The number of carbonyl (C=O) groups is 2. The van der Waals surface area contributed by atoms with Gasteiger partial charge in [0.05, 0.1) is 31.9 Å². The molecule has 1 fully saturated rings. The van der Waals surface area contributed by atoms with Crippen LogP contribution in [0.15, 0.2) is 59.4 Å². The van der Waals surface area contributed by atoms with Gasteiger partial charge in [-0.05, 0) is 58.8 Å². The molecule has 2 atom stereocenters. The Labute approximate surface area is 251 Å². The Morgan fingerprint density at radius 2 is 1.75 bits per heavy atom. The Balaban J connectivity index is 1.28. The monoisotopic (exact) mass is 603 g/mol. The number of ether oxygens (including phenoxy) is 2. The van der Waals surface area contributed by atoms with Crippen LogP contribution in [0.1, 0.15) is 34.0 Å². The number of nitrogens with zero attached hydrogens (tertiary/aromatic N) is 2. The number of carboxylic acid groups (broad SMARTS) is 1. The summed E-state index contributed by atoms with van der Waals surface area (Å²) >= 11 is 0. The van der Waals surface area contributed by atoms with E-state index in [1.54, 1.807) is 28.6 Å². The molecular formula is C33H31F2N3O6. The molecule has 4 aromatic rings. The van der Waals surface area contributed by atoms with Gasteiger partial charge in [0.1, 0.15) is 23.2 Å². The summed E-state index contributed by atoms with van der Waals surface area (Å²) in [5, 5.41) is 13.2. The topological polar surface area (TPSA) is 110 Å². The van der Waals surface area contributed by atoms with Gasteiger partial charge in [0.2, 0.25) is 0 Å². The lowest BCUT2D eigenvalue weighted by Crippen LogP contribution is -2.44. The summed E-state index contributed by atoms with van der Waals surface area (Å²) < 4.78 is 42.9. The van der Waals surface area contributed by atoms with Gasteiger partial charge < -0.3 is 29.4 Å². The highest BCUT2D eigenvalue weighted by Gasteiger charge is 2.30. The molecule has 0 unspecified atom stereocenters. The smallest absolute Gasteiger partial charge is 0.326 e. The molecule has 2 aliphatic heterocycles. The van der Waals surface area contributed by atoms with Crippen molar-refractivity contribution >= 4 is 28.5 Å². The standard InChI is InChI=1S/C33H31F2N3O6/c1-18-15-43-10-9-38(18)21-13-26(34)30(27(35)14-21)31(39)36-28(33(41)42)12-19-7-8-22(25-17-44-16-24(19)25)23-11-20-5-3-4-6-29(20)37(2)32(23)40/h3-8,11,13-14,18,28H,9-10,12,15-17H2,1-2H3,(H,36,39)(H,41,42)/t18-,28-/m0/s1. The van der Waals surface area contributed by atoms with Gasteiger partial charge in [-0.25, -0.2) is 13.6 Å². The van der Waals surface area contributed by atoms with E-state index in [-0.39, 0.29) is 36.9 Å². The number of fused-ring (bicyclic) bond motifs is 2. The predicted octanol–water partition coefficient (Wildman–Crippen LogP) is 4.16. The Morgan fingerprint density at radius 1 is 1.02 bits per heavy atom. The van der Waals surface area contributed by atoms with Crippen molar-refractivity contribution in [3.8, 4) is 11.1 Å². The zero-order valence-corrected chi connectivity index (χ0v) is 24.2. The van der Waals surface area contributed by atoms with E-state index in [1.165, 1.54) is 0 Å². The average Bonchev–Trinajstić information content (AvgIpc) is 3.49. The fourth-order valence-electron chi connectivity index (χ4n) is 6.10. The minimum Gasteiger partial charge on any atom is -0.480 e. The second-order valence-corrected chi connectivity index (χ2v) is 11.2. The third-order valence-corrected chi connectivity index (χ3v) is 8.42. The van der Waals surface area contributed by atoms with Crippen molar-refractivity contribution in [3.63, 3.8) is 0 Å². The molecular weight excluding hydrogens is 572 g/mol. The maximum atomic E-state index is 15.1. The highest BCUT2D eigenvalue weighted by Crippen LogP contribution is 2.34. The molecule has 0 radical (unpaired) electrons. The SMILES string of the molecule is C[C@H]1COCCN1c1cc(F)c(C(=O)N[C@@H](Cc2ccc(-c3cc4ccccc4n(C)c3=O)c3c2COC3)C(=O)O)c(F)c1. The van der Waals surface area contributed by atoms with E-state index in [0.29, 0.717) is 36.4 Å². The van der Waals surface area contributed by atoms with Gasteiger partial charge in [0, 0.05) is 37.3 Å². The summed E-state index contributed by atoms with van der Waals surface area (Å²) in [6.07, 6.45) is -0.157. The molecule has 0 saturated carbocycles. The second-order valence-electron chi connectivity index (χ2n) is 11.2. The molecule has 44 heavy (non-hydrogen) atoms. The van der Waals surface area contributed by atoms with Crippen LogP contribution in [0, 0.1) is 11.6 Å². The Morgan fingerprint density at radius 3 is 2.48 bits per heavy atom. The molecule has 2 N–H and O–H groups in total. The highest BCUT2D eigenvalue weighted by molar-refractivity contribution is 5.97. The fraction of sp³-hybridized carbons (Fsp3) is 0.303. The Bertz CT molecular complexity index is 1830. The number of para-hydroxylation sites is 1. The van der Waals surface area contributed by atoms with Crippen LogP contribution in [0.5, 0.6) is 0 Å². The van der Waals surface area contributed by atoms with Crippen molar-refractivity contribution in [2.75, 3.05) is 24.7 Å². The van der Waals surface area contributed by atoms with Crippen LogP contribution in [0.2, 0.25) is 0 Å². The second kappa shape index (κ2) is 11.8. The van der Waals surface area contributed by atoms with Crippen molar-refractivity contribution in [1.29, 1.82) is 0 Å². The molecule has 0 aliphatic carbocycles. The van der Waals surface area contributed by atoms with Crippen LogP contribution in [0.3, 0.4) is 0 Å². The van der Waals surface area contributed by atoms with E-state index in [4.69, 9.17) is 9.47 Å². The number of nitrogens with one attached hydrogen (secondary N) is 1. The number of hydrogen-bond donors (Lipinski definition) is 2. The normalized spacial score (nSPS) is 17.0. The summed E-state index contributed by atoms with van der Waals surface area (Å²) in [4.78, 5) is 40.4. The molecule has 1 amide bonds. The molecule has 1 aromatic heterocycles. The fourth-order valence-corrected chi connectivity index (χ4v) is 6.10. The molecule has 0 spiro atoms. The number of anilines is 1. The summed E-state index contributed by atoms with van der Waals surface area (Å²) in [7, 11) is 1.71. The zero-order valence-electron chi connectivity index (χ0n) is 24.2. The number of carboxylic acids is 1. The van der Waals surface area contributed by atoms with E-state index < -0.39 is 35.1 Å². The summed E-state index contributed by atoms with van der Waals surface area (Å²) in [6, 6.07) is 13.4. The number of aryl methyl sites for hydroxylation is 1. The van der Waals surface area contributed by atoms with Crippen LogP contribution >= 0.6 is 0 Å². The molecule has 3 aromatic carbocycles. The number of aliphatic carboxylic acids is 1. The lowest BCUT2D eigenvalue weighted by atomic mass is 9.91. The number of rotatable bonds is 7. The Hall–Kier alpha value is -4.61. The maximum absolute atomic E-state index is 15.1. The first kappa shape index (κ1) is 29.5. The van der Waals surface area contributed by atoms with Crippen molar-refractivity contribution in [1.82, 2.24) is 9.88 Å². The third kappa shape index (κ3) is 5.33. The van der Waals surface area contributed by atoms with Crippen LogP contribution in [0.4, 0.5) is 14.5 Å². The zero-order chi connectivity index (χ0) is 31.1. The Kier molecular flexibility index (Phi) is 7.91. The lowest BCUT2D eigenvalue weighted by Gasteiger charge is -2.35. The number of aromatic nitrogens is 1. The van der Waals surface area contributed by atoms with Gasteiger partial charge in [-0.15, -0.1) is 0 Å². The van der Waals surface area contributed by atoms with Crippen LogP contribution in [0.25, 0.3) is 22.0 Å². The summed E-state index contributed by atoms with van der Waals surface area (Å²) in [5.41, 5.74) is 3.28. The number of benzene rings is 3. The van der Waals surface area contributed by atoms with E-state index in [2.05, 4.69) is 5.32 Å². The summed E-state index contributed by atoms with van der Waals surface area (Å²) in [5.74, 6) is -4.71. The van der Waals surface area contributed by atoms with E-state index >= 15 is 8.78 Å². The van der Waals surface area contributed by atoms with Gasteiger partial charge in [-0.3, -0.25) is 9.59 Å². The largest absolute Gasteiger partial charge is 0.480 e. The van der Waals surface area contributed by atoms with Gasteiger partial charge in [0.15, 0.2) is 0 Å². The quantitative estimate of drug-likeness (QED) is 0.327. The van der Waals surface area contributed by atoms with Gasteiger partial charge in [-0.1, -0.05) is 30.3 Å². The number of pyridine rings is 1. The minimum atomic E-state index is -1.48. The number of amides is 1. The molecule has 6 rings (SSSR count). The molecule has 11 heteroatoms.